The van der Waals surface area contributed by atoms with Gasteiger partial charge in [-0.2, -0.15) is 4.98 Å². The lowest BCUT2D eigenvalue weighted by atomic mass is 10.2. The van der Waals surface area contributed by atoms with Gasteiger partial charge in [0.15, 0.2) is 0 Å². The van der Waals surface area contributed by atoms with Crippen LogP contribution in [0.5, 0.6) is 0 Å². The van der Waals surface area contributed by atoms with Crippen LogP contribution in [-0.2, 0) is 6.54 Å². The topological polar surface area (TPSA) is 41.1 Å². The number of hydrogen-bond acceptors (Lipinski definition) is 4. The molecule has 0 unspecified atom stereocenters. The SMILES string of the molecule is Cc1cc(N(Cc2ccccc2)c2ccccc2)nc(NC(C)C)n1. The fourth-order valence-electron chi connectivity index (χ4n) is 2.69. The molecule has 4 heteroatoms. The molecule has 1 heterocycles. The summed E-state index contributed by atoms with van der Waals surface area (Å²) in [7, 11) is 0. The molecule has 0 saturated carbocycles. The number of hydrogen-bond donors (Lipinski definition) is 1. The van der Waals surface area contributed by atoms with Crippen molar-refractivity contribution in [2.45, 2.75) is 33.4 Å². The molecule has 0 bridgehead atoms. The first kappa shape index (κ1) is 17.0. The Kier molecular flexibility index (Phi) is 5.29. The predicted octanol–water partition coefficient (Wildman–Crippen LogP) is 4.94. The van der Waals surface area contributed by atoms with Crippen LogP contribution in [0, 0.1) is 6.92 Å². The molecule has 1 N–H and O–H groups in total. The van der Waals surface area contributed by atoms with Crippen molar-refractivity contribution in [2.24, 2.45) is 0 Å². The first-order valence-electron chi connectivity index (χ1n) is 8.60. The van der Waals surface area contributed by atoms with Crippen LogP contribution >= 0.6 is 0 Å². The van der Waals surface area contributed by atoms with Crippen LogP contribution in [0.3, 0.4) is 0 Å². The van der Waals surface area contributed by atoms with Crippen LogP contribution in [0.15, 0.2) is 66.7 Å². The van der Waals surface area contributed by atoms with Gasteiger partial charge < -0.3 is 10.2 Å². The van der Waals surface area contributed by atoms with Crippen LogP contribution < -0.4 is 10.2 Å². The van der Waals surface area contributed by atoms with Gasteiger partial charge in [0.1, 0.15) is 5.82 Å². The van der Waals surface area contributed by atoms with Gasteiger partial charge in [0.25, 0.3) is 0 Å². The Balaban J connectivity index is 2.01. The molecular weight excluding hydrogens is 308 g/mol. The van der Waals surface area contributed by atoms with E-state index in [2.05, 4.69) is 77.6 Å². The average Bonchev–Trinajstić information content (AvgIpc) is 2.60. The second kappa shape index (κ2) is 7.79. The van der Waals surface area contributed by atoms with Crippen LogP contribution in [0.25, 0.3) is 0 Å². The number of nitrogens with zero attached hydrogens (tertiary/aromatic N) is 3. The van der Waals surface area contributed by atoms with E-state index in [0.717, 1.165) is 23.7 Å². The number of benzene rings is 2. The molecule has 0 aliphatic rings. The Hall–Kier alpha value is -2.88. The molecule has 3 aromatic rings. The minimum atomic E-state index is 0.286. The lowest BCUT2D eigenvalue weighted by Gasteiger charge is -2.25. The quantitative estimate of drug-likeness (QED) is 0.694. The number of aryl methyl sites for hydroxylation is 1. The number of aromatic nitrogens is 2. The molecule has 2 aromatic carbocycles. The largest absolute Gasteiger partial charge is 0.352 e. The second-order valence-electron chi connectivity index (χ2n) is 6.40. The highest BCUT2D eigenvalue weighted by atomic mass is 15.2. The summed E-state index contributed by atoms with van der Waals surface area (Å²) in [6.07, 6.45) is 0. The average molecular weight is 332 g/mol. The van der Waals surface area contributed by atoms with E-state index in [-0.39, 0.29) is 6.04 Å². The fourth-order valence-corrected chi connectivity index (χ4v) is 2.69. The molecule has 0 saturated heterocycles. The summed E-state index contributed by atoms with van der Waals surface area (Å²) in [5.41, 5.74) is 3.29. The van der Waals surface area contributed by atoms with Crippen molar-refractivity contribution >= 4 is 17.5 Å². The predicted molar refractivity (Wildman–Crippen MR) is 104 cm³/mol. The zero-order chi connectivity index (χ0) is 17.6. The number of nitrogens with one attached hydrogen (secondary N) is 1. The molecule has 0 amide bonds. The molecule has 0 atom stereocenters. The monoisotopic (exact) mass is 332 g/mol. The van der Waals surface area contributed by atoms with E-state index >= 15 is 0 Å². The minimum absolute atomic E-state index is 0.286. The van der Waals surface area contributed by atoms with Crippen molar-refractivity contribution in [3.05, 3.63) is 78.0 Å². The van der Waals surface area contributed by atoms with Crippen molar-refractivity contribution in [3.63, 3.8) is 0 Å². The molecule has 1 aromatic heterocycles. The van der Waals surface area contributed by atoms with Crippen LogP contribution in [0.2, 0.25) is 0 Å². The van der Waals surface area contributed by atoms with E-state index in [9.17, 15) is 0 Å². The molecule has 0 radical (unpaired) electrons. The maximum Gasteiger partial charge on any atom is 0.225 e. The molecule has 0 aliphatic heterocycles. The smallest absolute Gasteiger partial charge is 0.225 e. The zero-order valence-corrected chi connectivity index (χ0v) is 15.0. The number of para-hydroxylation sites is 1. The maximum absolute atomic E-state index is 4.75. The number of rotatable bonds is 6. The van der Waals surface area contributed by atoms with Gasteiger partial charge in [-0.05, 0) is 38.5 Å². The Morgan fingerprint density at radius 2 is 1.56 bits per heavy atom. The van der Waals surface area contributed by atoms with Gasteiger partial charge in [-0.25, -0.2) is 4.98 Å². The van der Waals surface area contributed by atoms with Crippen molar-refractivity contribution in [1.29, 1.82) is 0 Å². The molecule has 25 heavy (non-hydrogen) atoms. The van der Waals surface area contributed by atoms with Gasteiger partial charge >= 0.3 is 0 Å². The summed E-state index contributed by atoms with van der Waals surface area (Å²) in [4.78, 5) is 11.5. The van der Waals surface area contributed by atoms with Gasteiger partial charge in [-0.15, -0.1) is 0 Å². The van der Waals surface area contributed by atoms with Crippen molar-refractivity contribution in [3.8, 4) is 0 Å². The summed E-state index contributed by atoms with van der Waals surface area (Å²) in [6.45, 7) is 6.93. The van der Waals surface area contributed by atoms with E-state index < -0.39 is 0 Å². The van der Waals surface area contributed by atoms with E-state index in [1.807, 2.05) is 25.1 Å². The van der Waals surface area contributed by atoms with Gasteiger partial charge in [0.05, 0.1) is 0 Å². The molecular formula is C21H24N4. The van der Waals surface area contributed by atoms with Crippen LogP contribution in [0.4, 0.5) is 17.5 Å². The van der Waals surface area contributed by atoms with Gasteiger partial charge in [0, 0.05) is 30.0 Å². The highest BCUT2D eigenvalue weighted by Crippen LogP contribution is 2.27. The van der Waals surface area contributed by atoms with Gasteiger partial charge in [0.2, 0.25) is 5.95 Å². The zero-order valence-electron chi connectivity index (χ0n) is 15.0. The highest BCUT2D eigenvalue weighted by molar-refractivity contribution is 5.61. The van der Waals surface area contributed by atoms with Crippen LogP contribution in [0.1, 0.15) is 25.1 Å². The third-order valence-electron chi connectivity index (χ3n) is 3.79. The van der Waals surface area contributed by atoms with Gasteiger partial charge in [-0.3, -0.25) is 0 Å². The van der Waals surface area contributed by atoms with Crippen LogP contribution in [-0.4, -0.2) is 16.0 Å². The Morgan fingerprint density at radius 1 is 0.920 bits per heavy atom. The molecule has 0 aliphatic carbocycles. The molecule has 128 valence electrons. The highest BCUT2D eigenvalue weighted by Gasteiger charge is 2.14. The van der Waals surface area contributed by atoms with Gasteiger partial charge in [-0.1, -0.05) is 48.5 Å². The Bertz CT molecular complexity index is 801. The molecule has 0 fully saturated rings. The first-order valence-corrected chi connectivity index (χ1v) is 8.60. The summed E-state index contributed by atoms with van der Waals surface area (Å²) in [5.74, 6) is 1.56. The Labute approximate surface area is 149 Å². The van der Waals surface area contributed by atoms with E-state index in [1.54, 1.807) is 0 Å². The third-order valence-corrected chi connectivity index (χ3v) is 3.79. The molecule has 0 spiro atoms. The van der Waals surface area contributed by atoms with E-state index in [4.69, 9.17) is 4.98 Å². The minimum Gasteiger partial charge on any atom is -0.352 e. The standard InChI is InChI=1S/C21H24N4/c1-16(2)22-21-23-17(3)14-20(24-21)25(19-12-8-5-9-13-19)15-18-10-6-4-7-11-18/h4-14,16H,15H2,1-3H3,(H,22,23,24). The molecule has 3 rings (SSSR count). The summed E-state index contributed by atoms with van der Waals surface area (Å²) in [6, 6.07) is 23.1. The summed E-state index contributed by atoms with van der Waals surface area (Å²) >= 11 is 0. The second-order valence-corrected chi connectivity index (χ2v) is 6.40. The number of anilines is 3. The summed E-state index contributed by atoms with van der Waals surface area (Å²) in [5, 5.41) is 3.31. The van der Waals surface area contributed by atoms with Crippen molar-refractivity contribution in [1.82, 2.24) is 9.97 Å². The van der Waals surface area contributed by atoms with Crippen molar-refractivity contribution in [2.75, 3.05) is 10.2 Å². The lowest BCUT2D eigenvalue weighted by molar-refractivity contribution is 0.861. The normalized spacial score (nSPS) is 10.7. The van der Waals surface area contributed by atoms with E-state index in [1.165, 1.54) is 5.56 Å². The van der Waals surface area contributed by atoms with Crippen molar-refractivity contribution < 1.29 is 0 Å². The third kappa shape index (κ3) is 4.57. The summed E-state index contributed by atoms with van der Waals surface area (Å²) < 4.78 is 0. The molecule has 4 nitrogen and oxygen atoms in total. The first-order chi connectivity index (χ1) is 12.1. The van der Waals surface area contributed by atoms with E-state index in [0.29, 0.717) is 5.95 Å². The fraction of sp³-hybridized carbons (Fsp3) is 0.238. The Morgan fingerprint density at radius 3 is 2.20 bits per heavy atom. The lowest BCUT2D eigenvalue weighted by Crippen LogP contribution is -2.20. The maximum atomic E-state index is 4.75.